The molecule has 1 saturated carbocycles. The molecule has 1 aliphatic carbocycles. The summed E-state index contributed by atoms with van der Waals surface area (Å²) < 4.78 is 25.5. The van der Waals surface area contributed by atoms with Crippen LogP contribution in [0.4, 0.5) is 5.69 Å². The first kappa shape index (κ1) is 10.7. The van der Waals surface area contributed by atoms with Gasteiger partial charge in [-0.15, -0.1) is 0 Å². The molecule has 0 amide bonds. The molecule has 0 bridgehead atoms. The number of nitrogens with zero attached hydrogens (tertiary/aromatic N) is 1. The van der Waals surface area contributed by atoms with Gasteiger partial charge < -0.3 is 0 Å². The lowest BCUT2D eigenvalue weighted by molar-refractivity contribution is 0.587. The van der Waals surface area contributed by atoms with Gasteiger partial charge in [0.25, 0.3) is 0 Å². The molecule has 1 aromatic heterocycles. The van der Waals surface area contributed by atoms with Gasteiger partial charge in [0.2, 0.25) is 10.0 Å². The van der Waals surface area contributed by atoms with Crippen LogP contribution in [0, 0.1) is 0 Å². The number of hydrogen-bond acceptors (Lipinski definition) is 3. The first-order valence-electron chi connectivity index (χ1n) is 4.57. The van der Waals surface area contributed by atoms with Gasteiger partial charge in [0.15, 0.2) is 0 Å². The summed E-state index contributed by atoms with van der Waals surface area (Å²) in [6.07, 6.45) is 2.89. The molecular formula is C9H11ClN2O2S. The van der Waals surface area contributed by atoms with E-state index in [1.54, 1.807) is 13.0 Å². The smallest absolute Gasteiger partial charge is 0.238 e. The molecule has 1 heterocycles. The number of aromatic nitrogens is 1. The van der Waals surface area contributed by atoms with Crippen molar-refractivity contribution in [2.24, 2.45) is 0 Å². The Morgan fingerprint density at radius 1 is 1.53 bits per heavy atom. The van der Waals surface area contributed by atoms with Gasteiger partial charge in [-0.25, -0.2) is 13.4 Å². The Bertz CT molecular complexity index is 483. The minimum Gasteiger partial charge on any atom is -0.283 e. The molecule has 0 aromatic carbocycles. The summed E-state index contributed by atoms with van der Waals surface area (Å²) in [6.45, 7) is 1.73. The Morgan fingerprint density at radius 2 is 2.20 bits per heavy atom. The second kappa shape index (κ2) is 3.35. The van der Waals surface area contributed by atoms with E-state index in [1.807, 2.05) is 0 Å². The number of rotatable bonds is 3. The Balaban J connectivity index is 2.22. The van der Waals surface area contributed by atoms with Crippen molar-refractivity contribution >= 4 is 27.3 Å². The summed E-state index contributed by atoms with van der Waals surface area (Å²) in [6, 6.07) is 3.07. The molecule has 1 fully saturated rings. The average Bonchev–Trinajstić information content (AvgIpc) is 2.84. The number of sulfonamides is 1. The summed E-state index contributed by atoms with van der Waals surface area (Å²) in [5.41, 5.74) is 0.461. The number of pyridine rings is 1. The molecule has 0 saturated heterocycles. The molecule has 1 N–H and O–H groups in total. The predicted molar refractivity (Wildman–Crippen MR) is 59.4 cm³/mol. The van der Waals surface area contributed by atoms with Crippen LogP contribution in [0.5, 0.6) is 0 Å². The quantitative estimate of drug-likeness (QED) is 0.831. The summed E-state index contributed by atoms with van der Waals surface area (Å²) >= 11 is 5.66. The normalized spacial score (nSPS) is 18.5. The van der Waals surface area contributed by atoms with Crippen molar-refractivity contribution in [1.29, 1.82) is 0 Å². The van der Waals surface area contributed by atoms with E-state index in [9.17, 15) is 8.42 Å². The van der Waals surface area contributed by atoms with Crippen molar-refractivity contribution in [3.8, 4) is 0 Å². The maximum absolute atomic E-state index is 11.8. The molecule has 0 unspecified atom stereocenters. The predicted octanol–water partition coefficient (Wildman–Crippen LogP) is 2.03. The third-order valence-corrected chi connectivity index (χ3v) is 5.00. The lowest BCUT2D eigenvalue weighted by Crippen LogP contribution is -2.26. The maximum atomic E-state index is 11.8. The topological polar surface area (TPSA) is 59.1 Å². The number of anilines is 1. The molecule has 0 atom stereocenters. The molecule has 1 aliphatic rings. The van der Waals surface area contributed by atoms with E-state index in [1.165, 1.54) is 12.3 Å². The number of halogens is 1. The highest BCUT2D eigenvalue weighted by atomic mass is 35.5. The van der Waals surface area contributed by atoms with Crippen molar-refractivity contribution in [3.63, 3.8) is 0 Å². The van der Waals surface area contributed by atoms with Crippen LogP contribution in [-0.2, 0) is 10.0 Å². The van der Waals surface area contributed by atoms with Crippen LogP contribution in [0.15, 0.2) is 18.3 Å². The fourth-order valence-electron chi connectivity index (χ4n) is 1.19. The highest BCUT2D eigenvalue weighted by Crippen LogP contribution is 2.43. The van der Waals surface area contributed by atoms with Crippen molar-refractivity contribution in [3.05, 3.63) is 23.5 Å². The Hall–Kier alpha value is -0.810. The molecule has 82 valence electrons. The minimum absolute atomic E-state index is 0.274. The van der Waals surface area contributed by atoms with Gasteiger partial charge in [-0.1, -0.05) is 11.6 Å². The fraction of sp³-hybridized carbons (Fsp3) is 0.444. The van der Waals surface area contributed by atoms with E-state index >= 15 is 0 Å². The van der Waals surface area contributed by atoms with Crippen molar-refractivity contribution in [1.82, 2.24) is 4.98 Å². The molecule has 0 spiro atoms. The fourth-order valence-corrected chi connectivity index (χ4v) is 2.69. The van der Waals surface area contributed by atoms with E-state index < -0.39 is 14.8 Å². The largest absolute Gasteiger partial charge is 0.283 e. The third-order valence-electron chi connectivity index (χ3n) is 2.58. The zero-order valence-corrected chi connectivity index (χ0v) is 9.77. The molecule has 0 aliphatic heterocycles. The van der Waals surface area contributed by atoms with Crippen LogP contribution in [-0.4, -0.2) is 18.1 Å². The monoisotopic (exact) mass is 246 g/mol. The van der Waals surface area contributed by atoms with Gasteiger partial charge in [0.1, 0.15) is 5.15 Å². The molecule has 4 nitrogen and oxygen atoms in total. The summed E-state index contributed by atoms with van der Waals surface area (Å²) in [7, 11) is -3.29. The molecule has 15 heavy (non-hydrogen) atoms. The van der Waals surface area contributed by atoms with Gasteiger partial charge in [-0.05, 0) is 31.9 Å². The first-order valence-corrected chi connectivity index (χ1v) is 6.43. The molecule has 1 aromatic rings. The Kier molecular flexibility index (Phi) is 2.39. The van der Waals surface area contributed by atoms with Crippen molar-refractivity contribution in [2.45, 2.75) is 24.5 Å². The summed E-state index contributed by atoms with van der Waals surface area (Å²) in [5, 5.41) is 0.274. The summed E-state index contributed by atoms with van der Waals surface area (Å²) in [4.78, 5) is 3.78. The van der Waals surface area contributed by atoms with Crippen LogP contribution >= 0.6 is 11.6 Å². The van der Waals surface area contributed by atoms with Crippen LogP contribution in [0.3, 0.4) is 0 Å². The van der Waals surface area contributed by atoms with Gasteiger partial charge in [-0.3, -0.25) is 4.72 Å². The zero-order valence-electron chi connectivity index (χ0n) is 8.20. The Morgan fingerprint density at radius 3 is 2.73 bits per heavy atom. The van der Waals surface area contributed by atoms with Crippen LogP contribution < -0.4 is 4.72 Å². The second-order valence-corrected chi connectivity index (χ2v) is 6.51. The first-order chi connectivity index (χ1) is 6.93. The highest BCUT2D eigenvalue weighted by Gasteiger charge is 2.50. The highest BCUT2D eigenvalue weighted by molar-refractivity contribution is 7.94. The van der Waals surface area contributed by atoms with Crippen molar-refractivity contribution in [2.75, 3.05) is 4.72 Å². The molecular weight excluding hydrogens is 236 g/mol. The molecule has 0 radical (unpaired) electrons. The van der Waals surface area contributed by atoms with Gasteiger partial charge in [0, 0.05) is 6.20 Å². The van der Waals surface area contributed by atoms with Gasteiger partial charge in [-0.2, -0.15) is 0 Å². The molecule has 6 heteroatoms. The van der Waals surface area contributed by atoms with E-state index in [0.717, 1.165) is 0 Å². The summed E-state index contributed by atoms with van der Waals surface area (Å²) in [5.74, 6) is 0. The van der Waals surface area contributed by atoms with Gasteiger partial charge >= 0.3 is 0 Å². The maximum Gasteiger partial charge on any atom is 0.238 e. The molecule has 2 rings (SSSR count). The van der Waals surface area contributed by atoms with E-state index in [0.29, 0.717) is 18.5 Å². The van der Waals surface area contributed by atoms with Crippen LogP contribution in [0.2, 0.25) is 5.15 Å². The SMILES string of the molecule is CC1(S(=O)(=O)Nc2ccnc(Cl)c2)CC1. The standard InChI is InChI=1S/C9H11ClN2O2S/c1-9(3-4-9)15(13,14)12-7-2-5-11-8(10)6-7/h2,5-6H,3-4H2,1H3,(H,11,12). The lowest BCUT2D eigenvalue weighted by Gasteiger charge is -2.12. The Labute approximate surface area is 93.7 Å². The third kappa shape index (κ3) is 2.08. The van der Waals surface area contributed by atoms with Crippen molar-refractivity contribution < 1.29 is 8.42 Å². The number of hydrogen-bond donors (Lipinski definition) is 1. The number of nitrogens with one attached hydrogen (secondary N) is 1. The zero-order chi connectivity index (χ0) is 11.1. The van der Waals surface area contributed by atoms with E-state index in [2.05, 4.69) is 9.71 Å². The van der Waals surface area contributed by atoms with E-state index in [-0.39, 0.29) is 5.15 Å². The van der Waals surface area contributed by atoms with Gasteiger partial charge in [0.05, 0.1) is 10.4 Å². The lowest BCUT2D eigenvalue weighted by atomic mass is 10.4. The minimum atomic E-state index is -3.29. The average molecular weight is 247 g/mol. The van der Waals surface area contributed by atoms with Crippen LogP contribution in [0.1, 0.15) is 19.8 Å². The second-order valence-electron chi connectivity index (χ2n) is 3.92. The van der Waals surface area contributed by atoms with E-state index in [4.69, 9.17) is 11.6 Å². The van der Waals surface area contributed by atoms with Crippen LogP contribution in [0.25, 0.3) is 0 Å².